The maximum Gasteiger partial charge on any atom is 0.310 e. The summed E-state index contributed by atoms with van der Waals surface area (Å²) < 4.78 is 5.40. The fraction of sp³-hybridized carbons (Fsp3) is 0.375. The fourth-order valence-electron chi connectivity index (χ4n) is 4.86. The van der Waals surface area contributed by atoms with Crippen LogP contribution in [0.4, 0.5) is 0 Å². The van der Waals surface area contributed by atoms with Crippen molar-refractivity contribution in [1.29, 1.82) is 0 Å². The zero-order valence-electron chi connectivity index (χ0n) is 16.0. The second kappa shape index (κ2) is 7.70. The number of ketones is 2. The van der Waals surface area contributed by atoms with Crippen LogP contribution in [0.1, 0.15) is 45.5 Å². The highest BCUT2D eigenvalue weighted by Gasteiger charge is 2.54. The third-order valence-corrected chi connectivity index (χ3v) is 6.27. The summed E-state index contributed by atoms with van der Waals surface area (Å²) in [6.07, 6.45) is 2.84. The van der Waals surface area contributed by atoms with Gasteiger partial charge in [-0.05, 0) is 38.0 Å². The minimum atomic E-state index is -0.433. The Bertz CT molecular complexity index is 885. The number of hydrogen-bond acceptors (Lipinski definition) is 4. The lowest BCUT2D eigenvalue weighted by molar-refractivity contribution is -0.150. The monoisotopic (exact) mass is 376 g/mol. The van der Waals surface area contributed by atoms with E-state index in [1.165, 1.54) is 0 Å². The molecule has 0 aliphatic heterocycles. The van der Waals surface area contributed by atoms with Gasteiger partial charge in [0.1, 0.15) is 0 Å². The summed E-state index contributed by atoms with van der Waals surface area (Å²) in [7, 11) is 0. The van der Waals surface area contributed by atoms with E-state index in [2.05, 4.69) is 0 Å². The van der Waals surface area contributed by atoms with E-state index in [0.29, 0.717) is 11.1 Å². The topological polar surface area (TPSA) is 60.4 Å². The van der Waals surface area contributed by atoms with E-state index < -0.39 is 11.9 Å². The largest absolute Gasteiger partial charge is 0.457 e. The number of carbonyl (C=O) groups is 3. The van der Waals surface area contributed by atoms with Gasteiger partial charge in [-0.25, -0.2) is 0 Å². The van der Waals surface area contributed by atoms with Crippen molar-refractivity contribution >= 4 is 17.5 Å². The molecule has 2 aliphatic rings. The van der Waals surface area contributed by atoms with Gasteiger partial charge in [-0.3, -0.25) is 14.4 Å². The predicted molar refractivity (Wildman–Crippen MR) is 105 cm³/mol. The Morgan fingerprint density at radius 2 is 1.50 bits per heavy atom. The molecule has 2 fully saturated rings. The van der Waals surface area contributed by atoms with Crippen LogP contribution in [0.25, 0.3) is 0 Å². The van der Waals surface area contributed by atoms with E-state index >= 15 is 0 Å². The number of carbonyl (C=O) groups excluding carboxylic acids is 3. The van der Waals surface area contributed by atoms with Crippen LogP contribution in [0.2, 0.25) is 0 Å². The van der Waals surface area contributed by atoms with Crippen LogP contribution >= 0.6 is 0 Å². The smallest absolute Gasteiger partial charge is 0.310 e. The normalized spacial score (nSPS) is 25.5. The summed E-state index contributed by atoms with van der Waals surface area (Å²) in [6, 6.07) is 16.4. The molecule has 0 unspecified atom stereocenters. The predicted octanol–water partition coefficient (Wildman–Crippen LogP) is 4.27. The highest BCUT2D eigenvalue weighted by atomic mass is 16.5. The molecule has 0 heterocycles. The molecule has 0 N–H and O–H groups in total. The Labute approximate surface area is 164 Å². The van der Waals surface area contributed by atoms with Crippen molar-refractivity contribution in [3.63, 3.8) is 0 Å². The van der Waals surface area contributed by atoms with Crippen molar-refractivity contribution in [2.45, 2.75) is 26.2 Å². The first kappa shape index (κ1) is 18.6. The Balaban J connectivity index is 1.45. The van der Waals surface area contributed by atoms with Gasteiger partial charge in [0.05, 0.1) is 5.92 Å². The molecular weight excluding hydrogens is 352 g/mol. The molecule has 2 saturated carbocycles. The summed E-state index contributed by atoms with van der Waals surface area (Å²) in [5.74, 6) is -0.933. The molecule has 0 spiro atoms. The average Bonchev–Trinajstić information content (AvgIpc) is 3.34. The van der Waals surface area contributed by atoms with E-state index in [9.17, 15) is 14.4 Å². The van der Waals surface area contributed by atoms with Crippen LogP contribution in [0.3, 0.4) is 0 Å². The first-order valence-electron chi connectivity index (χ1n) is 9.90. The van der Waals surface area contributed by atoms with Gasteiger partial charge in [-0.2, -0.15) is 0 Å². The third-order valence-electron chi connectivity index (χ3n) is 6.27. The number of fused-ring (bicyclic) bond motifs is 2. The molecule has 4 nitrogen and oxygen atoms in total. The lowest BCUT2D eigenvalue weighted by atomic mass is 9.75. The number of aryl methyl sites for hydroxylation is 1. The molecule has 2 bridgehead atoms. The van der Waals surface area contributed by atoms with Crippen LogP contribution in [0.5, 0.6) is 0 Å². The minimum absolute atomic E-state index is 0.0274. The van der Waals surface area contributed by atoms with E-state index in [1.807, 2.05) is 37.3 Å². The number of rotatable bonds is 6. The molecule has 2 aromatic rings. The van der Waals surface area contributed by atoms with Crippen molar-refractivity contribution < 1.29 is 19.1 Å². The molecule has 0 amide bonds. The van der Waals surface area contributed by atoms with Crippen LogP contribution in [-0.4, -0.2) is 24.1 Å². The second-order valence-electron chi connectivity index (χ2n) is 8.01. The Morgan fingerprint density at radius 3 is 2.18 bits per heavy atom. The standard InChI is InChI=1S/C24H24O4/c1-15-7-9-16(10-8-15)20(25)14-28-24(27)22-19-12-11-18(13-19)21(22)23(26)17-5-3-2-4-6-17/h2-10,18-19,21-22H,11-14H2,1H3/t18-,19+,21-,22-/m0/s1. The van der Waals surface area contributed by atoms with Gasteiger partial charge >= 0.3 is 5.97 Å². The summed E-state index contributed by atoms with van der Waals surface area (Å²) in [6.45, 7) is 1.68. The van der Waals surface area contributed by atoms with Crippen molar-refractivity contribution in [3.8, 4) is 0 Å². The minimum Gasteiger partial charge on any atom is -0.457 e. The Hall–Kier alpha value is -2.75. The first-order valence-corrected chi connectivity index (χ1v) is 9.90. The van der Waals surface area contributed by atoms with Gasteiger partial charge in [0.15, 0.2) is 18.2 Å². The molecule has 28 heavy (non-hydrogen) atoms. The van der Waals surface area contributed by atoms with Crippen molar-refractivity contribution in [1.82, 2.24) is 0 Å². The highest BCUT2D eigenvalue weighted by molar-refractivity contribution is 6.01. The molecule has 144 valence electrons. The zero-order chi connectivity index (χ0) is 19.7. The third kappa shape index (κ3) is 3.51. The Kier molecular flexibility index (Phi) is 5.12. The van der Waals surface area contributed by atoms with Gasteiger partial charge in [-0.1, -0.05) is 60.2 Å². The average molecular weight is 376 g/mol. The van der Waals surface area contributed by atoms with Gasteiger partial charge in [0.25, 0.3) is 0 Å². The van der Waals surface area contributed by atoms with E-state index in [-0.39, 0.29) is 35.9 Å². The number of hydrogen-bond donors (Lipinski definition) is 0. The van der Waals surface area contributed by atoms with E-state index in [4.69, 9.17) is 4.74 Å². The van der Waals surface area contributed by atoms with Crippen molar-refractivity contribution in [2.75, 3.05) is 6.61 Å². The summed E-state index contributed by atoms with van der Waals surface area (Å²) in [5, 5.41) is 0. The lowest BCUT2D eigenvalue weighted by Crippen LogP contribution is -2.36. The molecule has 0 aromatic heterocycles. The molecule has 2 aromatic carbocycles. The van der Waals surface area contributed by atoms with Gasteiger partial charge in [-0.15, -0.1) is 0 Å². The fourth-order valence-corrected chi connectivity index (χ4v) is 4.86. The number of benzene rings is 2. The molecule has 2 aliphatic carbocycles. The molecule has 0 saturated heterocycles. The highest BCUT2D eigenvalue weighted by Crippen LogP contribution is 2.53. The number of ether oxygens (including phenoxy) is 1. The molecular formula is C24H24O4. The molecule has 4 heteroatoms. The summed E-state index contributed by atoms with van der Waals surface area (Å²) >= 11 is 0. The van der Waals surface area contributed by atoms with Gasteiger partial charge in [0.2, 0.25) is 0 Å². The Morgan fingerprint density at radius 1 is 0.857 bits per heavy atom. The quantitative estimate of drug-likeness (QED) is 0.558. The zero-order valence-corrected chi connectivity index (χ0v) is 16.0. The van der Waals surface area contributed by atoms with Gasteiger partial charge < -0.3 is 4.74 Å². The second-order valence-corrected chi connectivity index (χ2v) is 8.01. The molecule has 4 atom stereocenters. The number of Topliss-reactive ketones (excluding diaryl/α,β-unsaturated/α-hetero) is 2. The van der Waals surface area contributed by atoms with Gasteiger partial charge in [0, 0.05) is 17.0 Å². The maximum absolute atomic E-state index is 13.1. The maximum atomic E-state index is 13.1. The van der Waals surface area contributed by atoms with E-state index in [1.54, 1.807) is 24.3 Å². The van der Waals surface area contributed by atoms with Crippen molar-refractivity contribution in [2.24, 2.45) is 23.7 Å². The molecule has 4 rings (SSSR count). The van der Waals surface area contributed by atoms with E-state index in [0.717, 1.165) is 24.8 Å². The van der Waals surface area contributed by atoms with Crippen LogP contribution in [0.15, 0.2) is 54.6 Å². The van der Waals surface area contributed by atoms with Crippen LogP contribution in [-0.2, 0) is 9.53 Å². The summed E-state index contributed by atoms with van der Waals surface area (Å²) in [5.41, 5.74) is 2.25. The number of esters is 1. The SMILES string of the molecule is Cc1ccc(C(=O)COC(=O)[C@H]2[C@@H]3CC[C@@H](C3)[C@@H]2C(=O)c2ccccc2)cc1. The molecule has 0 radical (unpaired) electrons. The van der Waals surface area contributed by atoms with Crippen LogP contribution in [0, 0.1) is 30.6 Å². The van der Waals surface area contributed by atoms with Crippen molar-refractivity contribution in [3.05, 3.63) is 71.3 Å². The van der Waals surface area contributed by atoms with Crippen LogP contribution < -0.4 is 0 Å². The summed E-state index contributed by atoms with van der Waals surface area (Å²) in [4.78, 5) is 38.2. The lowest BCUT2D eigenvalue weighted by Gasteiger charge is -2.28. The first-order chi connectivity index (χ1) is 13.5.